The fourth-order valence-electron chi connectivity index (χ4n) is 1.46. The lowest BCUT2D eigenvalue weighted by molar-refractivity contribution is -0.385. The highest BCUT2D eigenvalue weighted by Gasteiger charge is 2.24. The molecular formula is C11H14N2O6. The second-order valence-electron chi connectivity index (χ2n) is 3.35. The molecule has 0 spiro atoms. The number of rotatable bonds is 6. The van der Waals surface area contributed by atoms with Crippen LogP contribution in [0.2, 0.25) is 0 Å². The van der Waals surface area contributed by atoms with E-state index in [4.69, 9.17) is 9.47 Å². The van der Waals surface area contributed by atoms with Gasteiger partial charge in [0.1, 0.15) is 5.56 Å². The number of benzene rings is 1. The molecule has 0 atom stereocenters. The van der Waals surface area contributed by atoms with Gasteiger partial charge in [-0.15, -0.1) is 0 Å². The maximum Gasteiger partial charge on any atom is 0.286 e. The number of nitro benzene ring substituents is 1. The minimum Gasteiger partial charge on any atom is -0.493 e. The maximum absolute atomic E-state index is 11.7. The van der Waals surface area contributed by atoms with Crippen molar-refractivity contribution in [2.24, 2.45) is 0 Å². The molecule has 8 nitrogen and oxygen atoms in total. The fourth-order valence-corrected chi connectivity index (χ4v) is 1.46. The summed E-state index contributed by atoms with van der Waals surface area (Å²) in [6.45, 7) is 2.08. The monoisotopic (exact) mass is 270 g/mol. The molecule has 0 saturated carbocycles. The number of methoxy groups -OCH3 is 1. The topological polar surface area (TPSA) is 99.9 Å². The number of carbonyl (C=O) groups is 1. The molecule has 0 bridgehead atoms. The van der Waals surface area contributed by atoms with Crippen molar-refractivity contribution in [2.45, 2.75) is 6.92 Å². The van der Waals surface area contributed by atoms with Crippen molar-refractivity contribution in [2.75, 3.05) is 20.8 Å². The van der Waals surface area contributed by atoms with Crippen LogP contribution in [0.5, 0.6) is 11.5 Å². The van der Waals surface area contributed by atoms with Gasteiger partial charge in [0.2, 0.25) is 0 Å². The normalized spacial score (nSPS) is 9.84. The van der Waals surface area contributed by atoms with Crippen LogP contribution in [0.3, 0.4) is 0 Å². The Labute approximate surface area is 109 Å². The third-order valence-electron chi connectivity index (χ3n) is 2.22. The van der Waals surface area contributed by atoms with Crippen LogP contribution in [0.15, 0.2) is 12.1 Å². The number of nitrogens with zero attached hydrogens (tertiary/aromatic N) is 1. The lowest BCUT2D eigenvalue weighted by Crippen LogP contribution is -2.23. The summed E-state index contributed by atoms with van der Waals surface area (Å²) in [7, 11) is 2.59. The van der Waals surface area contributed by atoms with Gasteiger partial charge in [-0.3, -0.25) is 19.7 Å². The van der Waals surface area contributed by atoms with Gasteiger partial charge >= 0.3 is 0 Å². The number of hydrogen-bond donors (Lipinski definition) is 1. The summed E-state index contributed by atoms with van der Waals surface area (Å²) in [6, 6.07) is 2.38. The van der Waals surface area contributed by atoms with Gasteiger partial charge < -0.3 is 9.47 Å². The molecule has 0 radical (unpaired) electrons. The van der Waals surface area contributed by atoms with Crippen LogP contribution in [0.1, 0.15) is 17.3 Å². The van der Waals surface area contributed by atoms with Gasteiger partial charge in [0, 0.05) is 6.07 Å². The summed E-state index contributed by atoms with van der Waals surface area (Å²) in [6.07, 6.45) is 0. The summed E-state index contributed by atoms with van der Waals surface area (Å²) in [5.41, 5.74) is 1.46. The predicted octanol–water partition coefficient (Wildman–Crippen LogP) is 1.29. The number of ether oxygens (including phenoxy) is 2. The lowest BCUT2D eigenvalue weighted by Gasteiger charge is -2.11. The van der Waals surface area contributed by atoms with Gasteiger partial charge in [-0.2, -0.15) is 0 Å². The molecule has 0 aliphatic rings. The van der Waals surface area contributed by atoms with Crippen LogP contribution >= 0.6 is 0 Å². The first-order valence-corrected chi connectivity index (χ1v) is 5.37. The Bertz CT molecular complexity index is 488. The molecule has 1 N–H and O–H groups in total. The fraction of sp³-hybridized carbons (Fsp3) is 0.364. The van der Waals surface area contributed by atoms with Crippen LogP contribution < -0.4 is 15.0 Å². The van der Waals surface area contributed by atoms with E-state index in [0.717, 1.165) is 6.07 Å². The molecule has 0 fully saturated rings. The molecular weight excluding hydrogens is 256 g/mol. The lowest BCUT2D eigenvalue weighted by atomic mass is 10.1. The average Bonchev–Trinajstić information content (AvgIpc) is 2.38. The molecule has 0 aromatic heterocycles. The van der Waals surface area contributed by atoms with Crippen molar-refractivity contribution in [3.8, 4) is 11.5 Å². The first-order chi connectivity index (χ1) is 9.04. The van der Waals surface area contributed by atoms with E-state index in [1.807, 2.05) is 5.48 Å². The van der Waals surface area contributed by atoms with E-state index < -0.39 is 16.5 Å². The molecule has 8 heteroatoms. The van der Waals surface area contributed by atoms with Crippen molar-refractivity contribution in [1.29, 1.82) is 0 Å². The zero-order chi connectivity index (χ0) is 14.4. The van der Waals surface area contributed by atoms with Crippen LogP contribution in [-0.4, -0.2) is 31.7 Å². The zero-order valence-corrected chi connectivity index (χ0v) is 10.8. The van der Waals surface area contributed by atoms with E-state index in [1.54, 1.807) is 6.92 Å². The van der Waals surface area contributed by atoms with E-state index in [1.165, 1.54) is 20.3 Å². The molecule has 0 aliphatic heterocycles. The number of nitrogens with one attached hydrogen (secondary N) is 1. The third-order valence-corrected chi connectivity index (χ3v) is 2.22. The number of hydroxylamine groups is 1. The van der Waals surface area contributed by atoms with Crippen molar-refractivity contribution in [3.63, 3.8) is 0 Å². The Morgan fingerprint density at radius 3 is 2.53 bits per heavy atom. The number of hydrogen-bond acceptors (Lipinski definition) is 6. The summed E-state index contributed by atoms with van der Waals surface area (Å²) in [5.74, 6) is -0.308. The van der Waals surface area contributed by atoms with E-state index in [2.05, 4.69) is 4.84 Å². The highest BCUT2D eigenvalue weighted by molar-refractivity contribution is 5.98. The third kappa shape index (κ3) is 3.32. The van der Waals surface area contributed by atoms with Gasteiger partial charge in [-0.05, 0) is 6.92 Å². The van der Waals surface area contributed by atoms with Crippen LogP contribution in [0.4, 0.5) is 5.69 Å². The smallest absolute Gasteiger partial charge is 0.286 e. The number of carbonyl (C=O) groups excluding carboxylic acids is 1. The van der Waals surface area contributed by atoms with Crippen LogP contribution in [0.25, 0.3) is 0 Å². The summed E-state index contributed by atoms with van der Waals surface area (Å²) < 4.78 is 10.3. The second-order valence-corrected chi connectivity index (χ2v) is 3.35. The maximum atomic E-state index is 11.7. The van der Waals surface area contributed by atoms with Gasteiger partial charge in [0.25, 0.3) is 11.6 Å². The highest BCUT2D eigenvalue weighted by atomic mass is 16.6. The molecule has 0 saturated heterocycles. The molecule has 0 unspecified atom stereocenters. The van der Waals surface area contributed by atoms with Crippen molar-refractivity contribution < 1.29 is 24.0 Å². The van der Waals surface area contributed by atoms with Gasteiger partial charge in [0.05, 0.1) is 31.8 Å². The standard InChI is InChI=1S/C11H14N2O6/c1-4-19-10-5-7(11(14)12-18-3)8(13(15)16)6-9(10)17-2/h5-6H,4H2,1-3H3,(H,12,14). The summed E-state index contributed by atoms with van der Waals surface area (Å²) in [5, 5.41) is 11.0. The van der Waals surface area contributed by atoms with E-state index in [9.17, 15) is 14.9 Å². The first kappa shape index (κ1) is 14.7. The molecule has 0 aliphatic carbocycles. The van der Waals surface area contributed by atoms with E-state index in [-0.39, 0.29) is 17.1 Å². The molecule has 1 aromatic rings. The Morgan fingerprint density at radius 1 is 1.37 bits per heavy atom. The molecule has 104 valence electrons. The molecule has 1 amide bonds. The average molecular weight is 270 g/mol. The Hall–Kier alpha value is -2.35. The Balaban J connectivity index is 3.36. The quantitative estimate of drug-likeness (QED) is 0.617. The highest BCUT2D eigenvalue weighted by Crippen LogP contribution is 2.34. The number of amides is 1. The molecule has 1 rings (SSSR count). The SMILES string of the molecule is CCOc1cc(C(=O)NOC)c([N+](=O)[O-])cc1OC. The van der Waals surface area contributed by atoms with Crippen molar-refractivity contribution in [1.82, 2.24) is 5.48 Å². The molecule has 19 heavy (non-hydrogen) atoms. The Morgan fingerprint density at radius 2 is 2.05 bits per heavy atom. The van der Waals surface area contributed by atoms with E-state index >= 15 is 0 Å². The minimum atomic E-state index is -0.738. The summed E-state index contributed by atoms with van der Waals surface area (Å²) >= 11 is 0. The Kier molecular flexibility index (Phi) is 5.07. The first-order valence-electron chi connectivity index (χ1n) is 5.37. The summed E-state index contributed by atoms with van der Waals surface area (Å²) in [4.78, 5) is 26.4. The van der Waals surface area contributed by atoms with Gasteiger partial charge in [-0.25, -0.2) is 5.48 Å². The second kappa shape index (κ2) is 6.55. The van der Waals surface area contributed by atoms with Gasteiger partial charge in [0.15, 0.2) is 11.5 Å². The zero-order valence-electron chi connectivity index (χ0n) is 10.8. The van der Waals surface area contributed by atoms with E-state index in [0.29, 0.717) is 6.61 Å². The molecule has 0 heterocycles. The number of nitro groups is 1. The largest absolute Gasteiger partial charge is 0.493 e. The van der Waals surface area contributed by atoms with Crippen LogP contribution in [-0.2, 0) is 4.84 Å². The minimum absolute atomic E-state index is 0.170. The van der Waals surface area contributed by atoms with Gasteiger partial charge in [-0.1, -0.05) is 0 Å². The predicted molar refractivity (Wildman–Crippen MR) is 65.3 cm³/mol. The molecule has 1 aromatic carbocycles. The van der Waals surface area contributed by atoms with Crippen molar-refractivity contribution >= 4 is 11.6 Å². The van der Waals surface area contributed by atoms with Crippen molar-refractivity contribution in [3.05, 3.63) is 27.8 Å². The van der Waals surface area contributed by atoms with Crippen LogP contribution in [0, 0.1) is 10.1 Å².